The first-order valence-electron chi connectivity index (χ1n) is 11.8. The molecule has 0 atom stereocenters. The number of aliphatic imine (C=N–C) groups is 1. The average Bonchev–Trinajstić information content (AvgIpc) is 3.08. The average molecular weight is 491 g/mol. The van der Waals surface area contributed by atoms with E-state index >= 15 is 0 Å². The van der Waals surface area contributed by atoms with Crippen LogP contribution in [0.25, 0.3) is 0 Å². The van der Waals surface area contributed by atoms with Gasteiger partial charge in [0.05, 0.1) is 17.5 Å². The number of hydrogen-bond acceptors (Lipinski definition) is 7. The van der Waals surface area contributed by atoms with Crippen LogP contribution in [-0.4, -0.2) is 43.5 Å². The molecule has 1 aromatic heterocycles. The van der Waals surface area contributed by atoms with Gasteiger partial charge in [-0.25, -0.2) is 4.99 Å². The van der Waals surface area contributed by atoms with Gasteiger partial charge in [-0.1, -0.05) is 6.58 Å². The van der Waals surface area contributed by atoms with E-state index in [4.69, 9.17) is 15.2 Å². The van der Waals surface area contributed by atoms with Crippen molar-refractivity contribution in [2.24, 2.45) is 10.7 Å². The number of ether oxygens (including phenoxy) is 2. The molecule has 0 saturated carbocycles. The molecular formula is C27H34N6O3. The number of amides is 1. The Bertz CT molecular complexity index is 1170. The summed E-state index contributed by atoms with van der Waals surface area (Å²) in [5.74, 6) is 2.12. The molecule has 1 aliphatic heterocycles. The third-order valence-corrected chi connectivity index (χ3v) is 5.43. The predicted octanol–water partition coefficient (Wildman–Crippen LogP) is 3.50. The molecule has 0 unspecified atom stereocenters. The highest BCUT2D eigenvalue weighted by Crippen LogP contribution is 2.28. The molecule has 2 heterocycles. The number of nitrogens with zero attached hydrogens (tertiary/aromatic N) is 2. The third-order valence-electron chi connectivity index (χ3n) is 5.43. The van der Waals surface area contributed by atoms with Crippen molar-refractivity contribution in [1.82, 2.24) is 20.9 Å². The first kappa shape index (κ1) is 26.5. The van der Waals surface area contributed by atoms with Crippen LogP contribution in [0, 0.1) is 13.8 Å². The number of benzene rings is 1. The molecule has 5 N–H and O–H groups in total. The number of carbonyl (C=O) groups is 1. The number of rotatable bonds is 11. The van der Waals surface area contributed by atoms with Crippen molar-refractivity contribution in [2.45, 2.75) is 26.7 Å². The van der Waals surface area contributed by atoms with Gasteiger partial charge in [-0.05, 0) is 74.9 Å². The quantitative estimate of drug-likeness (QED) is 0.216. The molecule has 2 aromatic rings. The summed E-state index contributed by atoms with van der Waals surface area (Å²) in [6.07, 6.45) is 6.29. The van der Waals surface area contributed by atoms with E-state index in [0.29, 0.717) is 60.3 Å². The van der Waals surface area contributed by atoms with Gasteiger partial charge in [-0.3, -0.25) is 9.78 Å². The van der Waals surface area contributed by atoms with Gasteiger partial charge in [0.2, 0.25) is 5.91 Å². The van der Waals surface area contributed by atoms with E-state index in [-0.39, 0.29) is 11.7 Å². The standard InChI is InChI=1S/C27H34N6O3/c1-5-29-26-23(16-20(11-13-30-26)27(34)31-12-6-14-35-4)25(28)33-21-8-10-24(18(2)15-21)36-22-9-7-19(3)32-17-22/h5,7-10,15-17,29-30H,1,6,11-14H2,2-4H3,(H2,28,33)(H,31,34). The zero-order chi connectivity index (χ0) is 25.9. The molecule has 0 bridgehead atoms. The lowest BCUT2D eigenvalue weighted by Gasteiger charge is -2.13. The molecule has 0 saturated heterocycles. The van der Waals surface area contributed by atoms with E-state index in [1.165, 1.54) is 0 Å². The zero-order valence-corrected chi connectivity index (χ0v) is 21.1. The van der Waals surface area contributed by atoms with Crippen LogP contribution in [0.5, 0.6) is 11.5 Å². The first-order valence-corrected chi connectivity index (χ1v) is 11.8. The Hall–Kier alpha value is -4.11. The number of aryl methyl sites for hydroxylation is 2. The number of nitrogens with two attached hydrogens (primary N) is 1. The maximum absolute atomic E-state index is 12.7. The summed E-state index contributed by atoms with van der Waals surface area (Å²) < 4.78 is 11.0. The van der Waals surface area contributed by atoms with E-state index < -0.39 is 0 Å². The number of methoxy groups -OCH3 is 1. The van der Waals surface area contributed by atoms with Gasteiger partial charge in [0.1, 0.15) is 23.2 Å². The minimum Gasteiger partial charge on any atom is -0.455 e. The lowest BCUT2D eigenvalue weighted by Crippen LogP contribution is -2.28. The number of hydrogen-bond donors (Lipinski definition) is 4. The van der Waals surface area contributed by atoms with Crippen LogP contribution in [0.2, 0.25) is 0 Å². The fraction of sp³-hybridized carbons (Fsp3) is 0.296. The molecule has 1 aliphatic rings. The van der Waals surface area contributed by atoms with Crippen LogP contribution in [0.3, 0.4) is 0 Å². The van der Waals surface area contributed by atoms with Crippen molar-refractivity contribution in [1.29, 1.82) is 0 Å². The second kappa shape index (κ2) is 13.1. The highest BCUT2D eigenvalue weighted by atomic mass is 16.5. The molecule has 1 amide bonds. The van der Waals surface area contributed by atoms with Crippen LogP contribution in [0.1, 0.15) is 24.1 Å². The van der Waals surface area contributed by atoms with Crippen LogP contribution in [0.4, 0.5) is 5.69 Å². The van der Waals surface area contributed by atoms with Crippen molar-refractivity contribution in [3.63, 3.8) is 0 Å². The van der Waals surface area contributed by atoms with E-state index in [9.17, 15) is 4.79 Å². The molecule has 36 heavy (non-hydrogen) atoms. The van der Waals surface area contributed by atoms with E-state index in [2.05, 4.69) is 32.5 Å². The first-order chi connectivity index (χ1) is 17.4. The van der Waals surface area contributed by atoms with Crippen molar-refractivity contribution in [3.05, 3.63) is 83.6 Å². The maximum atomic E-state index is 12.7. The van der Waals surface area contributed by atoms with E-state index in [1.54, 1.807) is 25.6 Å². The maximum Gasteiger partial charge on any atom is 0.247 e. The number of aromatic nitrogens is 1. The largest absolute Gasteiger partial charge is 0.455 e. The normalized spacial score (nSPS) is 13.9. The van der Waals surface area contributed by atoms with Crippen molar-refractivity contribution >= 4 is 17.4 Å². The predicted molar refractivity (Wildman–Crippen MR) is 142 cm³/mol. The summed E-state index contributed by atoms with van der Waals surface area (Å²) in [7, 11) is 1.64. The number of pyridine rings is 1. The Morgan fingerprint density at radius 1 is 1.31 bits per heavy atom. The van der Waals surface area contributed by atoms with Crippen molar-refractivity contribution in [2.75, 3.05) is 26.8 Å². The molecule has 0 radical (unpaired) electrons. The number of amidine groups is 1. The highest BCUT2D eigenvalue weighted by Gasteiger charge is 2.18. The van der Waals surface area contributed by atoms with Gasteiger partial charge in [-0.15, -0.1) is 0 Å². The number of carbonyl (C=O) groups excluding carboxylic acids is 1. The fourth-order valence-corrected chi connectivity index (χ4v) is 3.54. The summed E-state index contributed by atoms with van der Waals surface area (Å²) in [6.45, 7) is 9.28. The Kier molecular flexibility index (Phi) is 9.64. The lowest BCUT2D eigenvalue weighted by molar-refractivity contribution is -0.117. The van der Waals surface area contributed by atoms with Crippen molar-refractivity contribution < 1.29 is 14.3 Å². The van der Waals surface area contributed by atoms with Crippen LogP contribution >= 0.6 is 0 Å². The van der Waals surface area contributed by atoms with Crippen LogP contribution in [0.15, 0.2) is 77.3 Å². The fourth-order valence-electron chi connectivity index (χ4n) is 3.54. The van der Waals surface area contributed by atoms with Crippen LogP contribution in [-0.2, 0) is 9.53 Å². The summed E-state index contributed by atoms with van der Waals surface area (Å²) in [6, 6.07) is 9.34. The minimum atomic E-state index is -0.138. The monoisotopic (exact) mass is 490 g/mol. The smallest absolute Gasteiger partial charge is 0.247 e. The SMILES string of the molecule is C=CNC1=C(C(N)=Nc2ccc(Oc3ccc(C)nc3)c(C)c2)C=C(C(=O)NCCCOC)CCN1. The van der Waals surface area contributed by atoms with Gasteiger partial charge in [0, 0.05) is 38.1 Å². The topological polar surface area (TPSA) is 123 Å². The summed E-state index contributed by atoms with van der Waals surface area (Å²) >= 11 is 0. The lowest BCUT2D eigenvalue weighted by atomic mass is 10.1. The second-order valence-corrected chi connectivity index (χ2v) is 8.27. The van der Waals surface area contributed by atoms with Gasteiger partial charge >= 0.3 is 0 Å². The molecule has 0 fully saturated rings. The van der Waals surface area contributed by atoms with E-state index in [0.717, 1.165) is 17.7 Å². The molecule has 3 rings (SSSR count). The summed E-state index contributed by atoms with van der Waals surface area (Å²) in [4.78, 5) is 21.6. The molecule has 190 valence electrons. The third kappa shape index (κ3) is 7.44. The van der Waals surface area contributed by atoms with Gasteiger partial charge < -0.3 is 31.2 Å². The minimum absolute atomic E-state index is 0.138. The van der Waals surface area contributed by atoms with E-state index in [1.807, 2.05) is 44.2 Å². The second-order valence-electron chi connectivity index (χ2n) is 8.27. The molecule has 9 heteroatoms. The number of nitrogens with one attached hydrogen (secondary N) is 3. The van der Waals surface area contributed by atoms with Crippen molar-refractivity contribution in [3.8, 4) is 11.5 Å². The Morgan fingerprint density at radius 3 is 2.83 bits per heavy atom. The summed E-state index contributed by atoms with van der Waals surface area (Å²) in [5.41, 5.74) is 10.1. The molecule has 0 spiro atoms. The van der Waals surface area contributed by atoms with Gasteiger partial charge in [0.15, 0.2) is 0 Å². The Labute approximate surface area is 212 Å². The zero-order valence-electron chi connectivity index (χ0n) is 21.1. The van der Waals surface area contributed by atoms with Gasteiger partial charge in [0.25, 0.3) is 0 Å². The van der Waals surface area contributed by atoms with Gasteiger partial charge in [-0.2, -0.15) is 0 Å². The molecular weight excluding hydrogens is 456 g/mol. The Morgan fingerprint density at radius 2 is 2.14 bits per heavy atom. The molecule has 1 aromatic carbocycles. The highest BCUT2D eigenvalue weighted by molar-refractivity contribution is 6.04. The Balaban J connectivity index is 1.83. The summed E-state index contributed by atoms with van der Waals surface area (Å²) in [5, 5.41) is 9.27. The van der Waals surface area contributed by atoms with Crippen LogP contribution < -0.4 is 26.4 Å². The molecule has 9 nitrogen and oxygen atoms in total. The molecule has 0 aliphatic carbocycles.